The first-order valence-electron chi connectivity index (χ1n) is 6.00. The molecule has 1 N–H and O–H groups in total. The van der Waals surface area contributed by atoms with Crippen molar-refractivity contribution < 1.29 is 19.0 Å². The summed E-state index contributed by atoms with van der Waals surface area (Å²) in [4.78, 5) is 0. The Hall–Kier alpha value is -1.29. The Balaban J connectivity index is 2.58. The average molecular weight is 254 g/mol. The van der Waals surface area contributed by atoms with Crippen LogP contribution in [-0.2, 0) is 11.3 Å². The summed E-state index contributed by atoms with van der Waals surface area (Å²) in [5.41, 5.74) is -1.26. The lowest BCUT2D eigenvalue weighted by Gasteiger charge is -2.22. The third-order valence-corrected chi connectivity index (χ3v) is 3.39. The zero-order valence-corrected chi connectivity index (χ0v) is 11.2. The summed E-state index contributed by atoms with van der Waals surface area (Å²) >= 11 is 0. The molecule has 0 unspecified atom stereocenters. The van der Waals surface area contributed by atoms with E-state index in [0.29, 0.717) is 35.5 Å². The molecule has 1 aliphatic carbocycles. The molecule has 0 atom stereocenters. The molecule has 0 amide bonds. The normalized spacial score (nSPS) is 17.4. The first kappa shape index (κ1) is 13.1. The molecule has 1 aromatic carbocycles. The van der Waals surface area contributed by atoms with Crippen LogP contribution in [-0.4, -0.2) is 19.3 Å². The molecule has 3 nitrogen and oxygen atoms in total. The summed E-state index contributed by atoms with van der Waals surface area (Å²) in [5.74, 6) is 0.954. The Morgan fingerprint density at radius 3 is 2.11 bits per heavy atom. The molecule has 100 valence electrons. The Morgan fingerprint density at radius 2 is 1.72 bits per heavy atom. The maximum Gasteiger partial charge on any atom is 0.134 e. The fourth-order valence-electron chi connectivity index (χ4n) is 2.11. The summed E-state index contributed by atoms with van der Waals surface area (Å²) in [7, 11) is 3.02. The van der Waals surface area contributed by atoms with Gasteiger partial charge in [0.05, 0.1) is 19.8 Å². The number of aliphatic hydroxyl groups is 1. The fraction of sp³-hybridized carbons (Fsp3) is 0.571. The molecule has 4 heteroatoms. The van der Waals surface area contributed by atoms with Crippen LogP contribution in [0.15, 0.2) is 12.1 Å². The number of hydrogen-bond acceptors (Lipinski definition) is 3. The van der Waals surface area contributed by atoms with Crippen molar-refractivity contribution in [3.63, 3.8) is 0 Å². The van der Waals surface area contributed by atoms with E-state index in [4.69, 9.17) is 9.47 Å². The zero-order chi connectivity index (χ0) is 13.6. The van der Waals surface area contributed by atoms with Crippen LogP contribution < -0.4 is 9.47 Å². The highest BCUT2D eigenvalue weighted by atomic mass is 19.1. The predicted octanol–water partition coefficient (Wildman–Crippen LogP) is 2.89. The summed E-state index contributed by atoms with van der Waals surface area (Å²) < 4.78 is 24.6. The molecule has 0 spiro atoms. The second-order valence-corrected chi connectivity index (χ2v) is 5.26. The molecule has 1 aliphatic rings. The molecule has 0 aromatic heterocycles. The van der Waals surface area contributed by atoms with Gasteiger partial charge < -0.3 is 14.6 Å². The number of ether oxygens (including phenoxy) is 2. The summed E-state index contributed by atoms with van der Waals surface area (Å²) in [6.45, 7) is 2.94. The lowest BCUT2D eigenvalue weighted by Crippen LogP contribution is -2.14. The third kappa shape index (κ3) is 2.17. The second kappa shape index (κ2) is 4.12. The van der Waals surface area contributed by atoms with Crippen molar-refractivity contribution in [2.24, 2.45) is 0 Å². The smallest absolute Gasteiger partial charge is 0.134 e. The van der Waals surface area contributed by atoms with Gasteiger partial charge in [0.15, 0.2) is 0 Å². The first-order chi connectivity index (χ1) is 8.31. The molecule has 0 bridgehead atoms. The van der Waals surface area contributed by atoms with E-state index in [1.165, 1.54) is 28.1 Å². The summed E-state index contributed by atoms with van der Waals surface area (Å²) in [6.07, 6.45) is 1.40. The minimum absolute atomic E-state index is 0.426. The van der Waals surface area contributed by atoms with Gasteiger partial charge in [0, 0.05) is 11.1 Å². The van der Waals surface area contributed by atoms with Crippen LogP contribution in [0.4, 0.5) is 4.39 Å². The molecule has 0 aliphatic heterocycles. The van der Waals surface area contributed by atoms with Crippen LogP contribution in [0, 0.1) is 0 Å². The van der Waals surface area contributed by atoms with Crippen LogP contribution in [0.1, 0.15) is 37.8 Å². The molecular formula is C14H19FO3. The van der Waals surface area contributed by atoms with Crippen LogP contribution >= 0.6 is 0 Å². The van der Waals surface area contributed by atoms with Crippen molar-refractivity contribution in [2.45, 2.75) is 38.0 Å². The molecule has 18 heavy (non-hydrogen) atoms. The van der Waals surface area contributed by atoms with Crippen LogP contribution in [0.3, 0.4) is 0 Å². The van der Waals surface area contributed by atoms with Gasteiger partial charge in [-0.15, -0.1) is 0 Å². The van der Waals surface area contributed by atoms with Gasteiger partial charge in [0.1, 0.15) is 17.2 Å². The average Bonchev–Trinajstić information content (AvgIpc) is 3.05. The van der Waals surface area contributed by atoms with Gasteiger partial charge in [-0.25, -0.2) is 4.39 Å². The van der Waals surface area contributed by atoms with E-state index in [-0.39, 0.29) is 0 Å². The van der Waals surface area contributed by atoms with Gasteiger partial charge in [-0.1, -0.05) is 0 Å². The zero-order valence-electron chi connectivity index (χ0n) is 11.2. The highest BCUT2D eigenvalue weighted by Crippen LogP contribution is 2.51. The number of hydrogen-bond donors (Lipinski definition) is 1. The van der Waals surface area contributed by atoms with Gasteiger partial charge >= 0.3 is 0 Å². The molecule has 1 saturated carbocycles. The molecular weight excluding hydrogens is 235 g/mol. The standard InChI is InChI=1S/C14H19FO3/c1-13(2,15)9-7-12(18-4)10(8-11(9)17-3)14(16)5-6-14/h7-8,16H,5-6H2,1-4H3. The largest absolute Gasteiger partial charge is 0.496 e. The second-order valence-electron chi connectivity index (χ2n) is 5.26. The van der Waals surface area contributed by atoms with Crippen molar-refractivity contribution >= 4 is 0 Å². The van der Waals surface area contributed by atoms with Gasteiger partial charge in [-0.3, -0.25) is 0 Å². The summed E-state index contributed by atoms with van der Waals surface area (Å²) in [5, 5.41) is 10.2. The number of alkyl halides is 1. The van der Waals surface area contributed by atoms with E-state index in [9.17, 15) is 9.50 Å². The first-order valence-corrected chi connectivity index (χ1v) is 6.00. The van der Waals surface area contributed by atoms with Gasteiger partial charge in [0.25, 0.3) is 0 Å². The highest BCUT2D eigenvalue weighted by molar-refractivity contribution is 5.52. The third-order valence-electron chi connectivity index (χ3n) is 3.39. The number of halogens is 1. The van der Waals surface area contributed by atoms with E-state index >= 15 is 0 Å². The lowest BCUT2D eigenvalue weighted by molar-refractivity contribution is 0.146. The van der Waals surface area contributed by atoms with E-state index in [2.05, 4.69) is 0 Å². The van der Waals surface area contributed by atoms with Crippen LogP contribution in [0.25, 0.3) is 0 Å². The van der Waals surface area contributed by atoms with Crippen molar-refractivity contribution in [1.29, 1.82) is 0 Å². The molecule has 1 fully saturated rings. The van der Waals surface area contributed by atoms with E-state index in [1.807, 2.05) is 0 Å². The highest BCUT2D eigenvalue weighted by Gasteiger charge is 2.45. The topological polar surface area (TPSA) is 38.7 Å². The lowest BCUT2D eigenvalue weighted by atomic mass is 9.94. The minimum atomic E-state index is -1.52. The maximum atomic E-state index is 14.1. The van der Waals surface area contributed by atoms with Gasteiger partial charge in [-0.2, -0.15) is 0 Å². The van der Waals surface area contributed by atoms with E-state index in [0.717, 1.165) is 0 Å². The van der Waals surface area contributed by atoms with E-state index in [1.54, 1.807) is 12.1 Å². The maximum absolute atomic E-state index is 14.1. The SMILES string of the molecule is COc1cc(C2(O)CC2)c(OC)cc1C(C)(C)F. The van der Waals surface area contributed by atoms with Gasteiger partial charge in [-0.05, 0) is 38.8 Å². The predicted molar refractivity (Wildman–Crippen MR) is 66.8 cm³/mol. The quantitative estimate of drug-likeness (QED) is 0.898. The molecule has 0 saturated heterocycles. The Kier molecular flexibility index (Phi) is 3.01. The molecule has 0 heterocycles. The number of rotatable bonds is 4. The monoisotopic (exact) mass is 254 g/mol. The van der Waals surface area contributed by atoms with Crippen molar-refractivity contribution in [1.82, 2.24) is 0 Å². The van der Waals surface area contributed by atoms with Crippen LogP contribution in [0.5, 0.6) is 11.5 Å². The van der Waals surface area contributed by atoms with E-state index < -0.39 is 11.3 Å². The van der Waals surface area contributed by atoms with Crippen molar-refractivity contribution in [2.75, 3.05) is 14.2 Å². The molecule has 1 aromatic rings. The molecule has 0 radical (unpaired) electrons. The Morgan fingerprint density at radius 1 is 1.17 bits per heavy atom. The van der Waals surface area contributed by atoms with Crippen molar-refractivity contribution in [3.8, 4) is 11.5 Å². The van der Waals surface area contributed by atoms with Crippen LogP contribution in [0.2, 0.25) is 0 Å². The Labute approximate surface area is 107 Å². The number of methoxy groups -OCH3 is 2. The Bertz CT molecular complexity index is 426. The number of benzene rings is 1. The van der Waals surface area contributed by atoms with Crippen molar-refractivity contribution in [3.05, 3.63) is 23.3 Å². The van der Waals surface area contributed by atoms with Gasteiger partial charge in [0.2, 0.25) is 0 Å². The fourth-order valence-corrected chi connectivity index (χ4v) is 2.11. The molecule has 2 rings (SSSR count). The summed E-state index contributed by atoms with van der Waals surface area (Å²) in [6, 6.07) is 3.30. The minimum Gasteiger partial charge on any atom is -0.496 e.